The molecule has 3 saturated heterocycles. The summed E-state index contributed by atoms with van der Waals surface area (Å²) in [5.41, 5.74) is 7.16. The van der Waals surface area contributed by atoms with Gasteiger partial charge < -0.3 is 20.5 Å². The first kappa shape index (κ1) is 24.2. The van der Waals surface area contributed by atoms with Crippen LogP contribution < -0.4 is 10.5 Å². The topological polar surface area (TPSA) is 79.0 Å². The van der Waals surface area contributed by atoms with E-state index in [4.69, 9.17) is 10.5 Å². The number of nitrogens with two attached hydrogens (primary N) is 1. The lowest BCUT2D eigenvalue weighted by atomic mass is 9.74. The number of ether oxygens (including phenoxy) is 1. The molecule has 3 fully saturated rings. The fraction of sp³-hybridized carbons (Fsp3) is 0.667. The van der Waals surface area contributed by atoms with Gasteiger partial charge in [-0.3, -0.25) is 9.69 Å². The maximum atomic E-state index is 12.5. The molecule has 0 aromatic heterocycles. The van der Waals surface area contributed by atoms with Gasteiger partial charge in [-0.1, -0.05) is 12.1 Å². The first-order chi connectivity index (χ1) is 13.1. The van der Waals surface area contributed by atoms with E-state index in [1.807, 2.05) is 4.90 Å². The number of aliphatic hydroxyl groups excluding tert-OH is 1. The molecule has 3 heterocycles. The number of fused-ring (bicyclic) bond motifs is 4. The molecular formula is C21H33Cl2N3O3. The van der Waals surface area contributed by atoms with Crippen molar-refractivity contribution < 1.29 is 14.6 Å². The van der Waals surface area contributed by atoms with Crippen LogP contribution in [-0.2, 0) is 4.79 Å². The Morgan fingerprint density at radius 2 is 1.93 bits per heavy atom. The van der Waals surface area contributed by atoms with E-state index in [0.29, 0.717) is 23.9 Å². The molecule has 0 aliphatic carbocycles. The lowest BCUT2D eigenvalue weighted by Crippen LogP contribution is -2.62. The minimum Gasteiger partial charge on any atom is -0.497 e. The second-order valence-corrected chi connectivity index (χ2v) is 8.38. The van der Waals surface area contributed by atoms with Crippen molar-refractivity contribution in [2.24, 2.45) is 17.6 Å². The zero-order valence-electron chi connectivity index (χ0n) is 16.9. The number of halogens is 2. The van der Waals surface area contributed by atoms with Crippen LogP contribution in [0.15, 0.2) is 24.3 Å². The Hall–Kier alpha value is -1.05. The molecule has 3 N–H and O–H groups in total. The van der Waals surface area contributed by atoms with E-state index in [-0.39, 0.29) is 37.3 Å². The highest BCUT2D eigenvalue weighted by Crippen LogP contribution is 2.44. The van der Waals surface area contributed by atoms with Crippen molar-refractivity contribution in [1.29, 1.82) is 0 Å². The summed E-state index contributed by atoms with van der Waals surface area (Å²) in [6, 6.07) is 8.72. The van der Waals surface area contributed by atoms with Crippen molar-refractivity contribution in [3.8, 4) is 5.75 Å². The average Bonchev–Trinajstić information content (AvgIpc) is 2.72. The van der Waals surface area contributed by atoms with Crippen LogP contribution in [-0.4, -0.2) is 66.2 Å². The van der Waals surface area contributed by atoms with Crippen LogP contribution in [0.3, 0.4) is 0 Å². The Morgan fingerprint density at radius 3 is 2.59 bits per heavy atom. The number of methoxy groups -OCH3 is 1. The predicted octanol–water partition coefficient (Wildman–Crippen LogP) is 2.23. The van der Waals surface area contributed by atoms with Gasteiger partial charge in [0.1, 0.15) is 11.8 Å². The highest BCUT2D eigenvalue weighted by Gasteiger charge is 2.46. The first-order valence-corrected chi connectivity index (χ1v) is 10.2. The van der Waals surface area contributed by atoms with Gasteiger partial charge in [0, 0.05) is 31.7 Å². The van der Waals surface area contributed by atoms with E-state index in [2.05, 4.69) is 29.2 Å². The Bertz CT molecular complexity index is 676. The summed E-state index contributed by atoms with van der Waals surface area (Å²) in [7, 11) is 1.70. The molecule has 1 aromatic carbocycles. The van der Waals surface area contributed by atoms with Gasteiger partial charge in [-0.15, -0.1) is 24.8 Å². The molecule has 2 bridgehead atoms. The van der Waals surface area contributed by atoms with Crippen LogP contribution in [0.5, 0.6) is 5.75 Å². The summed E-state index contributed by atoms with van der Waals surface area (Å²) in [5, 5.41) is 9.23. The van der Waals surface area contributed by atoms with Crippen LogP contribution >= 0.6 is 24.8 Å². The second kappa shape index (κ2) is 10.3. The standard InChI is InChI=1S/C21H31N3O3.2ClH/c1-27-17-7-5-15(6-8-17)19-3-2-4-20-16-9-14(11-24(19)20)10-23(12-16)21(26)18(22)13-25;;/h5-8,14,16,18-20,25H,2-4,9-13,22H2,1H3;2*1H/t14-,16+,18+,19+,20-;;/m0../s1. The molecule has 29 heavy (non-hydrogen) atoms. The normalized spacial score (nSPS) is 29.7. The predicted molar refractivity (Wildman–Crippen MR) is 118 cm³/mol. The second-order valence-electron chi connectivity index (χ2n) is 8.38. The number of rotatable bonds is 4. The highest BCUT2D eigenvalue weighted by atomic mass is 35.5. The molecule has 3 aliphatic heterocycles. The van der Waals surface area contributed by atoms with Crippen molar-refractivity contribution >= 4 is 30.7 Å². The van der Waals surface area contributed by atoms with Crippen molar-refractivity contribution in [3.05, 3.63) is 29.8 Å². The maximum Gasteiger partial charge on any atom is 0.241 e. The number of benzene rings is 1. The summed E-state index contributed by atoms with van der Waals surface area (Å²) in [5.74, 6) is 1.81. The number of carbonyl (C=O) groups is 1. The Kier molecular flexibility index (Phi) is 8.61. The molecule has 0 saturated carbocycles. The minimum atomic E-state index is -0.779. The van der Waals surface area contributed by atoms with Crippen LogP contribution in [0.2, 0.25) is 0 Å². The zero-order chi connectivity index (χ0) is 19.0. The summed E-state index contributed by atoms with van der Waals surface area (Å²) in [6.45, 7) is 2.30. The number of likely N-dealkylation sites (tertiary alicyclic amines) is 1. The third kappa shape index (κ3) is 4.83. The van der Waals surface area contributed by atoms with Crippen molar-refractivity contribution in [1.82, 2.24) is 9.80 Å². The molecule has 164 valence electrons. The summed E-state index contributed by atoms with van der Waals surface area (Å²) in [6.07, 6.45) is 4.83. The molecule has 6 nitrogen and oxygen atoms in total. The smallest absolute Gasteiger partial charge is 0.241 e. The van der Waals surface area contributed by atoms with Crippen molar-refractivity contribution in [3.63, 3.8) is 0 Å². The molecule has 1 amide bonds. The third-order valence-corrected chi connectivity index (χ3v) is 6.71. The van der Waals surface area contributed by atoms with Gasteiger partial charge in [0.15, 0.2) is 0 Å². The Balaban J connectivity index is 0.00000150. The molecule has 8 heteroatoms. The third-order valence-electron chi connectivity index (χ3n) is 6.71. The van der Waals surface area contributed by atoms with Gasteiger partial charge in [0.2, 0.25) is 5.91 Å². The van der Waals surface area contributed by atoms with Crippen LogP contribution in [0.1, 0.15) is 37.3 Å². The molecule has 1 aromatic rings. The maximum absolute atomic E-state index is 12.5. The van der Waals surface area contributed by atoms with E-state index < -0.39 is 6.04 Å². The minimum absolute atomic E-state index is 0. The molecule has 3 aliphatic rings. The number of hydrogen-bond acceptors (Lipinski definition) is 5. The summed E-state index contributed by atoms with van der Waals surface area (Å²) >= 11 is 0. The SMILES string of the molecule is COc1ccc([C@H]2CCC[C@H]3[C@@H]4C[C@@H](CN(C(=O)[C@H](N)CO)C4)CN23)cc1.Cl.Cl. The monoisotopic (exact) mass is 445 g/mol. The van der Waals surface area contributed by atoms with Gasteiger partial charge in [-0.25, -0.2) is 0 Å². The fourth-order valence-corrected chi connectivity index (χ4v) is 5.48. The fourth-order valence-electron chi connectivity index (χ4n) is 5.48. The van der Waals surface area contributed by atoms with Crippen molar-refractivity contribution in [2.45, 2.75) is 43.8 Å². The lowest BCUT2D eigenvalue weighted by Gasteiger charge is -2.55. The summed E-state index contributed by atoms with van der Waals surface area (Å²) < 4.78 is 5.31. The van der Waals surface area contributed by atoms with Gasteiger partial charge in [-0.05, 0) is 55.2 Å². The molecule has 5 atom stereocenters. The number of hydrogen-bond donors (Lipinski definition) is 2. The number of piperidine rings is 3. The van der Waals surface area contributed by atoms with Crippen LogP contribution in [0, 0.1) is 11.8 Å². The van der Waals surface area contributed by atoms with E-state index in [9.17, 15) is 9.90 Å². The number of amides is 1. The van der Waals surface area contributed by atoms with Gasteiger partial charge in [0.25, 0.3) is 0 Å². The van der Waals surface area contributed by atoms with Gasteiger partial charge in [-0.2, -0.15) is 0 Å². The largest absolute Gasteiger partial charge is 0.497 e. The molecular weight excluding hydrogens is 413 g/mol. The van der Waals surface area contributed by atoms with E-state index >= 15 is 0 Å². The quantitative estimate of drug-likeness (QED) is 0.742. The molecule has 0 unspecified atom stereocenters. The first-order valence-electron chi connectivity index (χ1n) is 10.2. The van der Waals surface area contributed by atoms with Crippen molar-refractivity contribution in [2.75, 3.05) is 33.4 Å². The molecule has 0 radical (unpaired) electrons. The molecule has 0 spiro atoms. The van der Waals surface area contributed by atoms with Crippen LogP contribution in [0.4, 0.5) is 0 Å². The zero-order valence-corrected chi connectivity index (χ0v) is 18.5. The van der Waals surface area contributed by atoms with E-state index in [1.165, 1.54) is 31.2 Å². The number of nitrogens with zero attached hydrogens (tertiary/aromatic N) is 2. The Morgan fingerprint density at radius 1 is 1.21 bits per heavy atom. The van der Waals surface area contributed by atoms with Crippen LogP contribution in [0.25, 0.3) is 0 Å². The highest BCUT2D eigenvalue weighted by molar-refractivity contribution is 5.85. The Labute approximate surface area is 185 Å². The van der Waals surface area contributed by atoms with Gasteiger partial charge >= 0.3 is 0 Å². The average molecular weight is 446 g/mol. The van der Waals surface area contributed by atoms with Gasteiger partial charge in [0.05, 0.1) is 13.7 Å². The number of aliphatic hydroxyl groups is 1. The molecule has 4 rings (SSSR count). The number of carbonyl (C=O) groups excluding carboxylic acids is 1. The summed E-state index contributed by atoms with van der Waals surface area (Å²) in [4.78, 5) is 17.1. The lowest BCUT2D eigenvalue weighted by molar-refractivity contribution is -0.141. The van der Waals surface area contributed by atoms with E-state index in [1.54, 1.807) is 7.11 Å². The van der Waals surface area contributed by atoms with E-state index in [0.717, 1.165) is 25.4 Å².